The average Bonchev–Trinajstić information content (AvgIpc) is 3.12. The molecule has 3 N–H and O–H groups in total. The third-order valence-electron chi connectivity index (χ3n) is 3.22. The van der Waals surface area contributed by atoms with Gasteiger partial charge in [0.05, 0.1) is 0 Å². The molecular formula is C13H23N5. The molecule has 0 atom stereocenters. The van der Waals surface area contributed by atoms with Gasteiger partial charge in [-0.2, -0.15) is 9.97 Å². The molecular weight excluding hydrogens is 226 g/mol. The van der Waals surface area contributed by atoms with E-state index in [0.717, 1.165) is 18.2 Å². The van der Waals surface area contributed by atoms with Crippen LogP contribution >= 0.6 is 0 Å². The molecule has 0 bridgehead atoms. The van der Waals surface area contributed by atoms with Crippen molar-refractivity contribution in [2.24, 2.45) is 5.92 Å². The fraction of sp³-hybridized carbons (Fsp3) is 0.692. The van der Waals surface area contributed by atoms with Crippen LogP contribution in [0.1, 0.15) is 33.1 Å². The third-order valence-corrected chi connectivity index (χ3v) is 3.22. The van der Waals surface area contributed by atoms with Crippen molar-refractivity contribution < 1.29 is 0 Å². The van der Waals surface area contributed by atoms with Crippen LogP contribution in [0.2, 0.25) is 0 Å². The number of nitrogens with two attached hydrogens (primary N) is 1. The van der Waals surface area contributed by atoms with Crippen molar-refractivity contribution in [1.82, 2.24) is 9.97 Å². The lowest BCUT2D eigenvalue weighted by Gasteiger charge is -2.24. The monoisotopic (exact) mass is 249 g/mol. The third kappa shape index (κ3) is 3.24. The maximum atomic E-state index is 5.76. The van der Waals surface area contributed by atoms with Gasteiger partial charge in [-0.15, -0.1) is 0 Å². The number of nitrogens with one attached hydrogen (secondary N) is 1. The molecule has 18 heavy (non-hydrogen) atoms. The highest BCUT2D eigenvalue weighted by molar-refractivity contribution is 5.53. The van der Waals surface area contributed by atoms with Gasteiger partial charge in [0.2, 0.25) is 5.95 Å². The Balaban J connectivity index is 2.16. The van der Waals surface area contributed by atoms with Crippen LogP contribution in [0, 0.1) is 5.92 Å². The number of nitrogen functional groups attached to an aromatic ring is 1. The molecule has 0 radical (unpaired) electrons. The van der Waals surface area contributed by atoms with E-state index in [1.807, 2.05) is 13.1 Å². The van der Waals surface area contributed by atoms with Gasteiger partial charge in [-0.05, 0) is 25.2 Å². The lowest BCUT2D eigenvalue weighted by Crippen LogP contribution is -2.29. The summed E-state index contributed by atoms with van der Waals surface area (Å²) < 4.78 is 0. The van der Waals surface area contributed by atoms with Crippen molar-refractivity contribution in [1.29, 1.82) is 0 Å². The van der Waals surface area contributed by atoms with Gasteiger partial charge >= 0.3 is 0 Å². The zero-order chi connectivity index (χ0) is 13.1. The first-order chi connectivity index (χ1) is 8.60. The maximum Gasteiger partial charge on any atom is 0.223 e. The lowest BCUT2D eigenvalue weighted by molar-refractivity contribution is 0.568. The Labute approximate surface area is 109 Å². The molecule has 2 rings (SSSR count). The van der Waals surface area contributed by atoms with Crippen molar-refractivity contribution >= 4 is 17.6 Å². The van der Waals surface area contributed by atoms with Crippen LogP contribution in [0.3, 0.4) is 0 Å². The van der Waals surface area contributed by atoms with E-state index < -0.39 is 0 Å². The molecule has 0 unspecified atom stereocenters. The van der Waals surface area contributed by atoms with Crippen LogP contribution in [-0.4, -0.2) is 29.6 Å². The first-order valence-corrected chi connectivity index (χ1v) is 6.69. The van der Waals surface area contributed by atoms with Gasteiger partial charge in [-0.3, -0.25) is 0 Å². The molecule has 0 spiro atoms. The second kappa shape index (κ2) is 5.42. The number of rotatable bonds is 6. The average molecular weight is 249 g/mol. The van der Waals surface area contributed by atoms with Gasteiger partial charge in [0.25, 0.3) is 0 Å². The van der Waals surface area contributed by atoms with Crippen molar-refractivity contribution in [3.05, 3.63) is 6.07 Å². The Hall–Kier alpha value is -1.52. The van der Waals surface area contributed by atoms with Crippen LogP contribution in [0.5, 0.6) is 0 Å². The summed E-state index contributed by atoms with van der Waals surface area (Å²) in [5, 5.41) is 3.03. The van der Waals surface area contributed by atoms with E-state index in [1.54, 1.807) is 0 Å². The zero-order valence-corrected chi connectivity index (χ0v) is 11.5. The quantitative estimate of drug-likeness (QED) is 0.808. The summed E-state index contributed by atoms with van der Waals surface area (Å²) in [6.07, 6.45) is 3.70. The van der Waals surface area contributed by atoms with Crippen molar-refractivity contribution in [2.75, 3.05) is 29.5 Å². The molecule has 1 aliphatic rings. The minimum absolute atomic E-state index is 0.340. The molecule has 0 aliphatic heterocycles. The van der Waals surface area contributed by atoms with Gasteiger partial charge in [-0.25, -0.2) is 0 Å². The molecule has 1 fully saturated rings. The number of aromatic nitrogens is 2. The topological polar surface area (TPSA) is 67.1 Å². The molecule has 1 saturated carbocycles. The Kier molecular flexibility index (Phi) is 3.89. The second-order valence-electron chi connectivity index (χ2n) is 5.33. The van der Waals surface area contributed by atoms with E-state index in [9.17, 15) is 0 Å². The van der Waals surface area contributed by atoms with Crippen molar-refractivity contribution in [3.8, 4) is 0 Å². The van der Waals surface area contributed by atoms with Gasteiger partial charge in [0, 0.05) is 25.7 Å². The van der Waals surface area contributed by atoms with Crippen LogP contribution < -0.4 is 16.0 Å². The molecule has 1 aromatic heterocycles. The Morgan fingerprint density at radius 1 is 1.44 bits per heavy atom. The lowest BCUT2D eigenvalue weighted by atomic mass is 10.1. The maximum absolute atomic E-state index is 5.76. The van der Waals surface area contributed by atoms with E-state index in [0.29, 0.717) is 17.9 Å². The van der Waals surface area contributed by atoms with Gasteiger partial charge in [0.1, 0.15) is 11.6 Å². The number of hydrogen-bond donors (Lipinski definition) is 2. The predicted molar refractivity (Wildman–Crippen MR) is 75.8 cm³/mol. The Bertz CT molecular complexity index is 400. The van der Waals surface area contributed by atoms with Crippen LogP contribution in [0.25, 0.3) is 0 Å². The number of nitrogens with zero attached hydrogens (tertiary/aromatic N) is 3. The smallest absolute Gasteiger partial charge is 0.223 e. The van der Waals surface area contributed by atoms with Gasteiger partial charge in [0.15, 0.2) is 0 Å². The van der Waals surface area contributed by atoms with E-state index in [-0.39, 0.29) is 0 Å². The van der Waals surface area contributed by atoms with E-state index in [2.05, 4.69) is 34.0 Å². The standard InChI is InChI=1S/C13H23N5/c1-9(2)6-7-18(10-4-5-10)12-8-11(15-3)16-13(14)17-12/h8-10H,4-7H2,1-3H3,(H3,14,15,16,17). The molecule has 5 heteroatoms. The molecule has 1 aromatic rings. The number of anilines is 3. The molecule has 0 amide bonds. The molecule has 0 aromatic carbocycles. The minimum atomic E-state index is 0.340. The summed E-state index contributed by atoms with van der Waals surface area (Å²) in [6, 6.07) is 2.62. The molecule has 5 nitrogen and oxygen atoms in total. The minimum Gasteiger partial charge on any atom is -0.373 e. The first-order valence-electron chi connectivity index (χ1n) is 6.69. The Morgan fingerprint density at radius 2 is 2.17 bits per heavy atom. The number of hydrogen-bond acceptors (Lipinski definition) is 5. The molecule has 1 aliphatic carbocycles. The summed E-state index contributed by atoms with van der Waals surface area (Å²) >= 11 is 0. The van der Waals surface area contributed by atoms with E-state index >= 15 is 0 Å². The fourth-order valence-corrected chi connectivity index (χ4v) is 2.00. The molecule has 1 heterocycles. The van der Waals surface area contributed by atoms with Crippen molar-refractivity contribution in [3.63, 3.8) is 0 Å². The van der Waals surface area contributed by atoms with Crippen LogP contribution in [0.4, 0.5) is 17.6 Å². The summed E-state index contributed by atoms with van der Waals surface area (Å²) in [5.41, 5.74) is 5.76. The highest BCUT2D eigenvalue weighted by atomic mass is 15.3. The molecule has 100 valence electrons. The summed E-state index contributed by atoms with van der Waals surface area (Å²) in [5.74, 6) is 2.78. The van der Waals surface area contributed by atoms with Crippen LogP contribution in [-0.2, 0) is 0 Å². The van der Waals surface area contributed by atoms with Crippen LogP contribution in [0.15, 0.2) is 6.07 Å². The van der Waals surface area contributed by atoms with Gasteiger partial charge in [-0.1, -0.05) is 13.8 Å². The van der Waals surface area contributed by atoms with E-state index in [1.165, 1.54) is 19.3 Å². The van der Waals surface area contributed by atoms with E-state index in [4.69, 9.17) is 5.73 Å². The summed E-state index contributed by atoms with van der Waals surface area (Å²) in [4.78, 5) is 10.9. The highest BCUT2D eigenvalue weighted by Crippen LogP contribution is 2.32. The van der Waals surface area contributed by atoms with Gasteiger partial charge < -0.3 is 16.0 Å². The normalized spacial score (nSPS) is 14.9. The summed E-state index contributed by atoms with van der Waals surface area (Å²) in [6.45, 7) is 5.54. The van der Waals surface area contributed by atoms with Crippen molar-refractivity contribution in [2.45, 2.75) is 39.2 Å². The SMILES string of the molecule is CNc1cc(N(CCC(C)C)C2CC2)nc(N)n1. The summed E-state index contributed by atoms with van der Waals surface area (Å²) in [7, 11) is 1.85. The Morgan fingerprint density at radius 3 is 2.72 bits per heavy atom. The largest absolute Gasteiger partial charge is 0.373 e. The zero-order valence-electron chi connectivity index (χ0n) is 11.5. The predicted octanol–water partition coefficient (Wildman–Crippen LogP) is 2.12. The molecule has 0 saturated heterocycles. The highest BCUT2D eigenvalue weighted by Gasteiger charge is 2.30. The fourth-order valence-electron chi connectivity index (χ4n) is 2.00. The first kappa shape index (κ1) is 12.9. The second-order valence-corrected chi connectivity index (χ2v) is 5.33.